The predicted molar refractivity (Wildman–Crippen MR) is 85.7 cm³/mol. The zero-order valence-electron chi connectivity index (χ0n) is 12.3. The minimum atomic E-state index is -0.583. The number of anilines is 2. The third kappa shape index (κ3) is 3.70. The van der Waals surface area contributed by atoms with Gasteiger partial charge < -0.3 is 14.8 Å². The first kappa shape index (κ1) is 16.6. The van der Waals surface area contributed by atoms with Gasteiger partial charge in [-0.1, -0.05) is 11.6 Å². The van der Waals surface area contributed by atoms with Crippen molar-refractivity contribution in [2.75, 3.05) is 19.5 Å². The van der Waals surface area contributed by atoms with Crippen molar-refractivity contribution in [3.05, 3.63) is 57.1 Å². The molecule has 0 radical (unpaired) electrons. The van der Waals surface area contributed by atoms with Crippen LogP contribution in [0.25, 0.3) is 0 Å². The van der Waals surface area contributed by atoms with Gasteiger partial charge in [0.2, 0.25) is 0 Å². The maximum atomic E-state index is 11.8. The van der Waals surface area contributed by atoms with Gasteiger partial charge >= 0.3 is 5.97 Å². The molecule has 0 unspecified atom stereocenters. The van der Waals surface area contributed by atoms with Crippen LogP contribution in [0.5, 0.6) is 5.75 Å². The van der Waals surface area contributed by atoms with E-state index in [1.807, 2.05) is 0 Å². The van der Waals surface area contributed by atoms with E-state index in [2.05, 4.69) is 5.32 Å². The number of carbonyl (C=O) groups excluding carboxylic acids is 1. The van der Waals surface area contributed by atoms with E-state index >= 15 is 0 Å². The van der Waals surface area contributed by atoms with Gasteiger partial charge in [0.15, 0.2) is 0 Å². The number of esters is 1. The Morgan fingerprint density at radius 2 is 1.91 bits per heavy atom. The molecule has 2 rings (SSSR count). The molecule has 8 heteroatoms. The van der Waals surface area contributed by atoms with Gasteiger partial charge in [-0.05, 0) is 30.3 Å². The van der Waals surface area contributed by atoms with Crippen molar-refractivity contribution in [3.8, 4) is 5.75 Å². The average molecular weight is 337 g/mol. The second kappa shape index (κ2) is 6.97. The van der Waals surface area contributed by atoms with Crippen molar-refractivity contribution < 1.29 is 19.2 Å². The Hall–Kier alpha value is -2.80. The minimum Gasteiger partial charge on any atom is -0.496 e. The molecule has 0 bridgehead atoms. The summed E-state index contributed by atoms with van der Waals surface area (Å²) in [6.45, 7) is 0. The number of nitro benzene ring substituents is 1. The van der Waals surface area contributed by atoms with E-state index in [1.165, 1.54) is 44.6 Å². The largest absolute Gasteiger partial charge is 0.496 e. The lowest BCUT2D eigenvalue weighted by atomic mass is 10.1. The Labute approximate surface area is 136 Å². The van der Waals surface area contributed by atoms with Crippen LogP contribution in [0.4, 0.5) is 17.1 Å². The lowest BCUT2D eigenvalue weighted by Gasteiger charge is -2.12. The summed E-state index contributed by atoms with van der Waals surface area (Å²) in [6.07, 6.45) is 0. The summed E-state index contributed by atoms with van der Waals surface area (Å²) < 4.78 is 9.67. The van der Waals surface area contributed by atoms with Gasteiger partial charge in [-0.2, -0.15) is 0 Å². The molecule has 0 aliphatic heterocycles. The molecule has 7 nitrogen and oxygen atoms in total. The van der Waals surface area contributed by atoms with Crippen molar-refractivity contribution in [1.29, 1.82) is 0 Å². The van der Waals surface area contributed by atoms with E-state index in [-0.39, 0.29) is 16.9 Å². The molecule has 0 aromatic heterocycles. The number of nitrogens with one attached hydrogen (secondary N) is 1. The van der Waals surface area contributed by atoms with Gasteiger partial charge in [-0.3, -0.25) is 10.1 Å². The first-order valence-corrected chi connectivity index (χ1v) is 6.81. The molecule has 2 aromatic carbocycles. The maximum Gasteiger partial charge on any atom is 0.339 e. The number of hydrogen-bond donors (Lipinski definition) is 1. The molecule has 0 aliphatic rings. The second-order valence-electron chi connectivity index (χ2n) is 4.45. The lowest BCUT2D eigenvalue weighted by molar-refractivity contribution is -0.384. The van der Waals surface area contributed by atoms with E-state index in [4.69, 9.17) is 21.1 Å². The zero-order chi connectivity index (χ0) is 17.0. The van der Waals surface area contributed by atoms with Crippen LogP contribution in [-0.4, -0.2) is 25.1 Å². The molecule has 0 aliphatic carbocycles. The summed E-state index contributed by atoms with van der Waals surface area (Å²) in [4.78, 5) is 22.5. The van der Waals surface area contributed by atoms with E-state index in [0.29, 0.717) is 16.5 Å². The number of carbonyl (C=O) groups is 1. The molecule has 2 aromatic rings. The van der Waals surface area contributed by atoms with Crippen molar-refractivity contribution in [3.63, 3.8) is 0 Å². The topological polar surface area (TPSA) is 90.7 Å². The molecule has 0 fully saturated rings. The number of benzene rings is 2. The summed E-state index contributed by atoms with van der Waals surface area (Å²) in [6, 6.07) is 8.83. The first-order chi connectivity index (χ1) is 11.0. The monoisotopic (exact) mass is 336 g/mol. The van der Waals surface area contributed by atoms with Gasteiger partial charge in [0.25, 0.3) is 5.69 Å². The molecule has 120 valence electrons. The van der Waals surface area contributed by atoms with Crippen LogP contribution < -0.4 is 10.1 Å². The molecular weight excluding hydrogens is 324 g/mol. The number of rotatable bonds is 5. The Bertz CT molecular complexity index is 764. The van der Waals surface area contributed by atoms with E-state index in [1.54, 1.807) is 6.07 Å². The van der Waals surface area contributed by atoms with E-state index in [0.717, 1.165) is 0 Å². The molecule has 0 saturated heterocycles. The van der Waals surface area contributed by atoms with Gasteiger partial charge in [-0.15, -0.1) is 0 Å². The molecule has 0 heterocycles. The smallest absolute Gasteiger partial charge is 0.339 e. The molecule has 1 N–H and O–H groups in total. The number of methoxy groups -OCH3 is 2. The molecule has 0 amide bonds. The normalized spacial score (nSPS) is 10.0. The van der Waals surface area contributed by atoms with Gasteiger partial charge in [0, 0.05) is 5.02 Å². The molecular formula is C15H13ClN2O5. The minimum absolute atomic E-state index is 0.194. The van der Waals surface area contributed by atoms with Crippen LogP contribution in [0, 0.1) is 10.1 Å². The Kier molecular flexibility index (Phi) is 5.02. The van der Waals surface area contributed by atoms with Crippen LogP contribution in [0.1, 0.15) is 10.4 Å². The summed E-state index contributed by atoms with van der Waals surface area (Å²) >= 11 is 5.93. The fourth-order valence-electron chi connectivity index (χ4n) is 1.95. The third-order valence-electron chi connectivity index (χ3n) is 3.06. The average Bonchev–Trinajstić information content (AvgIpc) is 2.54. The van der Waals surface area contributed by atoms with Crippen molar-refractivity contribution >= 4 is 34.6 Å². The summed E-state index contributed by atoms with van der Waals surface area (Å²) in [5, 5.41) is 14.4. The molecule has 23 heavy (non-hydrogen) atoms. The lowest BCUT2D eigenvalue weighted by Crippen LogP contribution is -2.06. The van der Waals surface area contributed by atoms with Gasteiger partial charge in [-0.25, -0.2) is 4.79 Å². The van der Waals surface area contributed by atoms with Crippen LogP contribution >= 0.6 is 11.6 Å². The maximum absolute atomic E-state index is 11.8. The summed E-state index contributed by atoms with van der Waals surface area (Å²) in [7, 11) is 2.66. The second-order valence-corrected chi connectivity index (χ2v) is 4.88. The van der Waals surface area contributed by atoms with Gasteiger partial charge in [0.05, 0.1) is 36.5 Å². The Morgan fingerprint density at radius 3 is 2.52 bits per heavy atom. The third-order valence-corrected chi connectivity index (χ3v) is 3.29. The highest BCUT2D eigenvalue weighted by molar-refractivity contribution is 6.31. The fraction of sp³-hybridized carbons (Fsp3) is 0.133. The van der Waals surface area contributed by atoms with Crippen LogP contribution in [0.2, 0.25) is 5.02 Å². The van der Waals surface area contributed by atoms with E-state index in [9.17, 15) is 14.9 Å². The summed E-state index contributed by atoms with van der Waals surface area (Å²) in [5.74, 6) is -0.234. The van der Waals surface area contributed by atoms with Gasteiger partial charge in [0.1, 0.15) is 11.4 Å². The molecule has 0 spiro atoms. The standard InChI is InChI=1S/C15H13ClN2O5/c1-22-10-4-6-12(14(8-10)18(20)21)17-13-7-9(16)3-5-11(13)15(19)23-2/h3-8,17H,1-2H3. The fourth-order valence-corrected chi connectivity index (χ4v) is 2.12. The van der Waals surface area contributed by atoms with Crippen molar-refractivity contribution in [2.45, 2.75) is 0 Å². The van der Waals surface area contributed by atoms with Crippen LogP contribution in [0.3, 0.4) is 0 Å². The number of hydrogen-bond acceptors (Lipinski definition) is 6. The quantitative estimate of drug-likeness (QED) is 0.507. The number of ether oxygens (including phenoxy) is 2. The Balaban J connectivity index is 2.49. The van der Waals surface area contributed by atoms with E-state index < -0.39 is 10.9 Å². The highest BCUT2D eigenvalue weighted by Crippen LogP contribution is 2.33. The van der Waals surface area contributed by atoms with Crippen LogP contribution in [-0.2, 0) is 4.74 Å². The highest BCUT2D eigenvalue weighted by atomic mass is 35.5. The summed E-state index contributed by atoms with van der Waals surface area (Å²) in [5.41, 5.74) is 0.517. The highest BCUT2D eigenvalue weighted by Gasteiger charge is 2.18. The van der Waals surface area contributed by atoms with Crippen LogP contribution in [0.15, 0.2) is 36.4 Å². The predicted octanol–water partition coefficient (Wildman–Crippen LogP) is 3.79. The van der Waals surface area contributed by atoms with Crippen molar-refractivity contribution in [1.82, 2.24) is 0 Å². The molecule has 0 atom stereocenters. The van der Waals surface area contributed by atoms with Crippen molar-refractivity contribution in [2.24, 2.45) is 0 Å². The number of nitro groups is 1. The molecule has 0 saturated carbocycles. The Morgan fingerprint density at radius 1 is 1.17 bits per heavy atom. The number of halogens is 1. The number of nitrogens with zero attached hydrogens (tertiary/aromatic N) is 1. The zero-order valence-corrected chi connectivity index (χ0v) is 13.1. The SMILES string of the molecule is COC(=O)c1ccc(Cl)cc1Nc1ccc(OC)cc1[N+](=O)[O-]. The first-order valence-electron chi connectivity index (χ1n) is 6.43.